The van der Waals surface area contributed by atoms with E-state index in [0.717, 1.165) is 6.42 Å². The van der Waals surface area contributed by atoms with E-state index < -0.39 is 0 Å². The number of aromatic nitrogens is 3. The lowest BCUT2D eigenvalue weighted by Crippen LogP contribution is -2.01. The highest BCUT2D eigenvalue weighted by atomic mass is 15.4. The van der Waals surface area contributed by atoms with Crippen LogP contribution >= 0.6 is 0 Å². The van der Waals surface area contributed by atoms with E-state index in [0.29, 0.717) is 5.92 Å². The summed E-state index contributed by atoms with van der Waals surface area (Å²) in [7, 11) is 1.93. The molecule has 0 aromatic carbocycles. The van der Waals surface area contributed by atoms with Crippen LogP contribution in [0.15, 0.2) is 6.20 Å². The molecule has 0 aliphatic rings. The summed E-state index contributed by atoms with van der Waals surface area (Å²) in [6.45, 7) is 4.34. The van der Waals surface area contributed by atoms with E-state index in [9.17, 15) is 0 Å². The Kier molecular flexibility index (Phi) is 2.04. The quantitative estimate of drug-likeness (QED) is 0.618. The fourth-order valence-corrected chi connectivity index (χ4v) is 0.953. The van der Waals surface area contributed by atoms with E-state index in [2.05, 4.69) is 24.2 Å². The highest BCUT2D eigenvalue weighted by molar-refractivity contribution is 5.00. The average Bonchev–Trinajstić information content (AvgIpc) is 2.34. The summed E-state index contributed by atoms with van der Waals surface area (Å²) in [6.07, 6.45) is 2.97. The lowest BCUT2D eigenvalue weighted by Gasteiger charge is -2.05. The van der Waals surface area contributed by atoms with Gasteiger partial charge in [0.1, 0.15) is 0 Å². The van der Waals surface area contributed by atoms with E-state index in [1.807, 2.05) is 17.9 Å². The zero-order valence-electron chi connectivity index (χ0n) is 6.70. The molecule has 0 spiro atoms. The van der Waals surface area contributed by atoms with Crippen LogP contribution in [0.4, 0.5) is 0 Å². The molecular formula is C7H13N3. The minimum atomic E-state index is 0.569. The van der Waals surface area contributed by atoms with Crippen molar-refractivity contribution in [3.63, 3.8) is 0 Å². The van der Waals surface area contributed by atoms with Gasteiger partial charge in [0.05, 0.1) is 11.9 Å². The van der Waals surface area contributed by atoms with Crippen LogP contribution in [0.25, 0.3) is 0 Å². The minimum Gasteiger partial charge on any atom is -0.252 e. The van der Waals surface area contributed by atoms with Gasteiger partial charge in [-0.05, 0) is 12.3 Å². The second kappa shape index (κ2) is 2.82. The molecule has 0 saturated heterocycles. The molecule has 0 fully saturated rings. The van der Waals surface area contributed by atoms with Crippen LogP contribution in [-0.2, 0) is 7.05 Å². The Bertz CT molecular complexity index is 204. The first-order valence-electron chi connectivity index (χ1n) is 3.60. The number of aryl methyl sites for hydroxylation is 1. The van der Waals surface area contributed by atoms with E-state index in [1.54, 1.807) is 0 Å². The third kappa shape index (κ3) is 1.17. The molecule has 3 nitrogen and oxygen atoms in total. The predicted molar refractivity (Wildman–Crippen MR) is 39.7 cm³/mol. The van der Waals surface area contributed by atoms with E-state index in [-0.39, 0.29) is 0 Å². The summed E-state index contributed by atoms with van der Waals surface area (Å²) in [5, 5.41) is 7.66. The van der Waals surface area contributed by atoms with Crippen LogP contribution in [0, 0.1) is 0 Å². The topological polar surface area (TPSA) is 30.7 Å². The molecule has 3 heteroatoms. The van der Waals surface area contributed by atoms with Crippen molar-refractivity contribution in [2.75, 3.05) is 0 Å². The molecular weight excluding hydrogens is 126 g/mol. The molecule has 0 aliphatic heterocycles. The van der Waals surface area contributed by atoms with Gasteiger partial charge in [0.25, 0.3) is 0 Å². The van der Waals surface area contributed by atoms with E-state index >= 15 is 0 Å². The standard InChI is InChI=1S/C7H13N3/c1-4-6(2)7-5-8-9-10(7)3/h5-6H,4H2,1-3H3. The summed E-state index contributed by atoms with van der Waals surface area (Å²) >= 11 is 0. The largest absolute Gasteiger partial charge is 0.252 e. The second-order valence-corrected chi connectivity index (χ2v) is 2.59. The van der Waals surface area contributed by atoms with Crippen molar-refractivity contribution >= 4 is 0 Å². The molecule has 1 heterocycles. The van der Waals surface area contributed by atoms with Gasteiger partial charge in [0.2, 0.25) is 0 Å². The van der Waals surface area contributed by atoms with Crippen LogP contribution in [-0.4, -0.2) is 15.0 Å². The molecule has 56 valence electrons. The molecule has 1 rings (SSSR count). The van der Waals surface area contributed by atoms with Crippen molar-refractivity contribution in [3.05, 3.63) is 11.9 Å². The maximum absolute atomic E-state index is 3.85. The van der Waals surface area contributed by atoms with Gasteiger partial charge in [-0.3, -0.25) is 4.68 Å². The van der Waals surface area contributed by atoms with Crippen LogP contribution in [0.2, 0.25) is 0 Å². The fourth-order valence-electron chi connectivity index (χ4n) is 0.953. The lowest BCUT2D eigenvalue weighted by atomic mass is 10.1. The molecule has 1 aromatic rings. The van der Waals surface area contributed by atoms with Crippen LogP contribution < -0.4 is 0 Å². The van der Waals surface area contributed by atoms with Gasteiger partial charge in [-0.1, -0.05) is 19.1 Å². The van der Waals surface area contributed by atoms with E-state index in [1.165, 1.54) is 5.69 Å². The Morgan fingerprint density at radius 2 is 2.40 bits per heavy atom. The number of hydrogen-bond acceptors (Lipinski definition) is 2. The SMILES string of the molecule is CCC(C)c1cnnn1C. The molecule has 0 saturated carbocycles. The average molecular weight is 139 g/mol. The fraction of sp³-hybridized carbons (Fsp3) is 0.714. The van der Waals surface area contributed by atoms with Crippen molar-refractivity contribution in [3.8, 4) is 0 Å². The summed E-state index contributed by atoms with van der Waals surface area (Å²) in [4.78, 5) is 0. The maximum atomic E-state index is 3.85. The minimum absolute atomic E-state index is 0.569. The molecule has 0 radical (unpaired) electrons. The third-order valence-corrected chi connectivity index (χ3v) is 1.87. The first kappa shape index (κ1) is 7.25. The molecule has 10 heavy (non-hydrogen) atoms. The van der Waals surface area contributed by atoms with Crippen LogP contribution in [0.1, 0.15) is 31.9 Å². The van der Waals surface area contributed by atoms with Crippen molar-refractivity contribution in [1.29, 1.82) is 0 Å². The van der Waals surface area contributed by atoms with Gasteiger partial charge in [0, 0.05) is 7.05 Å². The van der Waals surface area contributed by atoms with Crippen molar-refractivity contribution in [2.45, 2.75) is 26.2 Å². The van der Waals surface area contributed by atoms with Gasteiger partial charge >= 0.3 is 0 Å². The highest BCUT2D eigenvalue weighted by Crippen LogP contribution is 2.15. The van der Waals surface area contributed by atoms with Gasteiger partial charge < -0.3 is 0 Å². The van der Waals surface area contributed by atoms with Gasteiger partial charge in [-0.25, -0.2) is 0 Å². The van der Waals surface area contributed by atoms with Gasteiger partial charge in [-0.15, -0.1) is 5.10 Å². The summed E-state index contributed by atoms with van der Waals surface area (Å²) in [5.74, 6) is 0.569. The van der Waals surface area contributed by atoms with Gasteiger partial charge in [-0.2, -0.15) is 0 Å². The first-order valence-corrected chi connectivity index (χ1v) is 3.60. The van der Waals surface area contributed by atoms with E-state index in [4.69, 9.17) is 0 Å². The lowest BCUT2D eigenvalue weighted by molar-refractivity contribution is 0.613. The second-order valence-electron chi connectivity index (χ2n) is 2.59. The predicted octanol–water partition coefficient (Wildman–Crippen LogP) is 1.33. The smallest absolute Gasteiger partial charge is 0.0727 e. The van der Waals surface area contributed by atoms with Gasteiger partial charge in [0.15, 0.2) is 0 Å². The van der Waals surface area contributed by atoms with Crippen molar-refractivity contribution in [1.82, 2.24) is 15.0 Å². The zero-order chi connectivity index (χ0) is 7.56. The summed E-state index contributed by atoms with van der Waals surface area (Å²) in [6, 6.07) is 0. The Morgan fingerprint density at radius 1 is 1.70 bits per heavy atom. The Hall–Kier alpha value is -0.860. The molecule has 1 aromatic heterocycles. The molecule has 0 bridgehead atoms. The molecule has 1 atom stereocenters. The highest BCUT2D eigenvalue weighted by Gasteiger charge is 2.06. The third-order valence-electron chi connectivity index (χ3n) is 1.87. The maximum Gasteiger partial charge on any atom is 0.0727 e. The molecule has 0 N–H and O–H groups in total. The zero-order valence-corrected chi connectivity index (χ0v) is 6.70. The van der Waals surface area contributed by atoms with Crippen molar-refractivity contribution in [2.24, 2.45) is 7.05 Å². The molecule has 0 aliphatic carbocycles. The van der Waals surface area contributed by atoms with Crippen LogP contribution in [0.5, 0.6) is 0 Å². The summed E-state index contributed by atoms with van der Waals surface area (Å²) in [5.41, 5.74) is 1.21. The first-order chi connectivity index (χ1) is 4.75. The monoisotopic (exact) mass is 139 g/mol. The number of nitrogens with zero attached hydrogens (tertiary/aromatic N) is 3. The Balaban J connectivity index is 2.82. The number of hydrogen-bond donors (Lipinski definition) is 0. The van der Waals surface area contributed by atoms with Crippen molar-refractivity contribution < 1.29 is 0 Å². The molecule has 0 amide bonds. The van der Waals surface area contributed by atoms with Crippen LogP contribution in [0.3, 0.4) is 0 Å². The number of rotatable bonds is 2. The Labute approximate surface area is 61.1 Å². The normalized spacial score (nSPS) is 13.5. The molecule has 1 unspecified atom stereocenters. The Morgan fingerprint density at radius 3 is 2.80 bits per heavy atom. The summed E-state index contributed by atoms with van der Waals surface area (Å²) < 4.78 is 1.83.